The maximum Gasteiger partial charge on any atom is 0.241 e. The van der Waals surface area contributed by atoms with E-state index in [9.17, 15) is 4.79 Å². The summed E-state index contributed by atoms with van der Waals surface area (Å²) in [5.41, 5.74) is 5.82. The number of carbonyl (C=O) groups is 1. The van der Waals surface area contributed by atoms with Crippen LogP contribution in [0.4, 0.5) is 0 Å². The van der Waals surface area contributed by atoms with Gasteiger partial charge in [0.05, 0.1) is 12.0 Å². The Labute approximate surface area is 132 Å². The molecule has 0 aliphatic heterocycles. The van der Waals surface area contributed by atoms with Crippen molar-refractivity contribution in [3.8, 4) is 5.75 Å². The molecule has 2 aromatic carbocycles. The van der Waals surface area contributed by atoms with E-state index in [0.29, 0.717) is 5.02 Å². The molecule has 108 valence electrons. The minimum atomic E-state index is -0.501. The summed E-state index contributed by atoms with van der Waals surface area (Å²) in [5.74, 6) is 0.315. The van der Waals surface area contributed by atoms with Gasteiger partial charge in [-0.05, 0) is 35.9 Å². The third kappa shape index (κ3) is 4.28. The van der Waals surface area contributed by atoms with E-state index in [4.69, 9.17) is 22.1 Å². The fourth-order valence-corrected chi connectivity index (χ4v) is 2.98. The zero-order chi connectivity index (χ0) is 15.2. The van der Waals surface area contributed by atoms with E-state index in [2.05, 4.69) is 0 Å². The van der Waals surface area contributed by atoms with Gasteiger partial charge in [-0.15, -0.1) is 0 Å². The number of primary amides is 1. The van der Waals surface area contributed by atoms with Gasteiger partial charge in [0.25, 0.3) is 0 Å². The summed E-state index contributed by atoms with van der Waals surface area (Å²) in [6.45, 7) is 0. The maximum absolute atomic E-state index is 10.7. The first-order valence-corrected chi connectivity index (χ1v) is 7.37. The summed E-state index contributed by atoms with van der Waals surface area (Å²) < 4.78 is 5.32. The molecule has 5 heteroatoms. The van der Waals surface area contributed by atoms with Crippen molar-refractivity contribution in [1.82, 2.24) is 0 Å². The third-order valence-electron chi connectivity index (χ3n) is 2.70. The molecule has 2 rings (SSSR count). The number of para-hydroxylation sites is 1. The van der Waals surface area contributed by atoms with Gasteiger partial charge in [-0.2, -0.15) is 0 Å². The first-order chi connectivity index (χ1) is 10.1. The molecule has 0 heterocycles. The fraction of sp³-hybridized carbons (Fsp3) is 0.0625. The predicted molar refractivity (Wildman–Crippen MR) is 86.8 cm³/mol. The van der Waals surface area contributed by atoms with Crippen LogP contribution in [0.3, 0.4) is 0 Å². The van der Waals surface area contributed by atoms with Crippen LogP contribution in [0, 0.1) is 0 Å². The van der Waals surface area contributed by atoms with Crippen molar-refractivity contribution in [3.05, 3.63) is 59.1 Å². The number of nitrogens with two attached hydrogens (primary N) is 1. The van der Waals surface area contributed by atoms with Crippen molar-refractivity contribution in [1.29, 1.82) is 0 Å². The Hall–Kier alpha value is -1.91. The Morgan fingerprint density at radius 1 is 1.29 bits per heavy atom. The molecule has 0 radical (unpaired) electrons. The molecular weight excluding hydrogens is 306 g/mol. The van der Waals surface area contributed by atoms with Crippen LogP contribution in [-0.4, -0.2) is 13.0 Å². The van der Waals surface area contributed by atoms with Crippen molar-refractivity contribution in [2.24, 2.45) is 5.73 Å². The monoisotopic (exact) mass is 319 g/mol. The number of amides is 1. The molecule has 0 aliphatic rings. The summed E-state index contributed by atoms with van der Waals surface area (Å²) in [4.78, 5) is 12.7. The largest absolute Gasteiger partial charge is 0.496 e. The SMILES string of the molecule is COc1ccccc1Sc1ccc(C=CC(N)=O)c(Cl)c1. The number of ether oxygens (including phenoxy) is 1. The van der Waals surface area contributed by atoms with Crippen LogP contribution < -0.4 is 10.5 Å². The average molecular weight is 320 g/mol. The molecule has 21 heavy (non-hydrogen) atoms. The van der Waals surface area contributed by atoms with Crippen LogP contribution in [0.2, 0.25) is 5.02 Å². The van der Waals surface area contributed by atoms with Crippen molar-refractivity contribution < 1.29 is 9.53 Å². The molecule has 3 nitrogen and oxygen atoms in total. The van der Waals surface area contributed by atoms with Crippen LogP contribution in [-0.2, 0) is 4.79 Å². The van der Waals surface area contributed by atoms with Crippen molar-refractivity contribution >= 4 is 35.3 Å². The number of rotatable bonds is 5. The molecule has 0 saturated carbocycles. The maximum atomic E-state index is 10.7. The van der Waals surface area contributed by atoms with Gasteiger partial charge in [-0.3, -0.25) is 4.79 Å². The molecule has 0 aromatic heterocycles. The van der Waals surface area contributed by atoms with E-state index in [-0.39, 0.29) is 0 Å². The van der Waals surface area contributed by atoms with Gasteiger partial charge in [-0.25, -0.2) is 0 Å². The average Bonchev–Trinajstić information content (AvgIpc) is 2.47. The van der Waals surface area contributed by atoms with Crippen LogP contribution in [0.5, 0.6) is 5.75 Å². The number of carbonyl (C=O) groups excluding carboxylic acids is 1. The topological polar surface area (TPSA) is 52.3 Å². The Bertz CT molecular complexity index is 686. The first-order valence-electron chi connectivity index (χ1n) is 6.18. The molecule has 0 saturated heterocycles. The zero-order valence-electron chi connectivity index (χ0n) is 11.4. The van der Waals surface area contributed by atoms with Crippen LogP contribution >= 0.6 is 23.4 Å². The molecule has 0 spiro atoms. The standard InChI is InChI=1S/C16H14ClNO2S/c1-20-14-4-2-3-5-15(14)21-12-8-6-11(13(17)10-12)7-9-16(18)19/h2-10H,1H3,(H2,18,19). The fourth-order valence-electron chi connectivity index (χ4n) is 1.71. The molecule has 0 aliphatic carbocycles. The number of methoxy groups -OCH3 is 1. The molecule has 1 amide bonds. The highest BCUT2D eigenvalue weighted by Gasteiger charge is 2.06. The number of hydrogen-bond donors (Lipinski definition) is 1. The lowest BCUT2D eigenvalue weighted by molar-refractivity contribution is -0.113. The van der Waals surface area contributed by atoms with Gasteiger partial charge >= 0.3 is 0 Å². The van der Waals surface area contributed by atoms with Gasteiger partial charge in [0.15, 0.2) is 0 Å². The molecule has 0 bridgehead atoms. The molecular formula is C16H14ClNO2S. The van der Waals surface area contributed by atoms with Gasteiger partial charge in [0.1, 0.15) is 5.75 Å². The van der Waals surface area contributed by atoms with Crippen LogP contribution in [0.1, 0.15) is 5.56 Å². The lowest BCUT2D eigenvalue weighted by atomic mass is 10.2. The van der Waals surface area contributed by atoms with E-state index in [1.165, 1.54) is 6.08 Å². The second-order valence-corrected chi connectivity index (χ2v) is 5.69. The number of hydrogen-bond acceptors (Lipinski definition) is 3. The number of halogens is 1. The smallest absolute Gasteiger partial charge is 0.241 e. The van der Waals surface area contributed by atoms with Gasteiger partial charge in [0.2, 0.25) is 5.91 Å². The van der Waals surface area contributed by atoms with Crippen molar-refractivity contribution in [2.75, 3.05) is 7.11 Å². The van der Waals surface area contributed by atoms with Gasteiger partial charge in [-0.1, -0.05) is 41.6 Å². The van der Waals surface area contributed by atoms with Crippen LogP contribution in [0.25, 0.3) is 6.08 Å². The first kappa shape index (κ1) is 15.5. The summed E-state index contributed by atoms with van der Waals surface area (Å²) in [6, 6.07) is 13.4. The molecule has 2 aromatic rings. The van der Waals surface area contributed by atoms with E-state index in [1.807, 2.05) is 42.5 Å². The summed E-state index contributed by atoms with van der Waals surface area (Å²) in [6.07, 6.45) is 2.89. The Balaban J connectivity index is 2.22. The summed E-state index contributed by atoms with van der Waals surface area (Å²) >= 11 is 7.77. The summed E-state index contributed by atoms with van der Waals surface area (Å²) in [7, 11) is 1.64. The Kier molecular flexibility index (Phi) is 5.31. The minimum Gasteiger partial charge on any atom is -0.496 e. The number of benzene rings is 2. The molecule has 0 atom stereocenters. The summed E-state index contributed by atoms with van der Waals surface area (Å²) in [5, 5.41) is 0.562. The van der Waals surface area contributed by atoms with Crippen LogP contribution in [0.15, 0.2) is 58.3 Å². The van der Waals surface area contributed by atoms with E-state index in [1.54, 1.807) is 24.9 Å². The normalized spacial score (nSPS) is 10.8. The predicted octanol–water partition coefficient (Wildman–Crippen LogP) is 4.00. The lowest BCUT2D eigenvalue weighted by Gasteiger charge is -2.08. The second kappa shape index (κ2) is 7.20. The van der Waals surface area contributed by atoms with Gasteiger partial charge in [0, 0.05) is 16.0 Å². The highest BCUT2D eigenvalue weighted by molar-refractivity contribution is 7.99. The van der Waals surface area contributed by atoms with Gasteiger partial charge < -0.3 is 10.5 Å². The van der Waals surface area contributed by atoms with Crippen molar-refractivity contribution in [2.45, 2.75) is 9.79 Å². The minimum absolute atomic E-state index is 0.501. The quantitative estimate of drug-likeness (QED) is 0.847. The van der Waals surface area contributed by atoms with E-state index < -0.39 is 5.91 Å². The lowest BCUT2D eigenvalue weighted by Crippen LogP contribution is -2.05. The van der Waals surface area contributed by atoms with Crippen molar-refractivity contribution in [3.63, 3.8) is 0 Å². The molecule has 0 unspecified atom stereocenters. The Morgan fingerprint density at radius 3 is 2.71 bits per heavy atom. The molecule has 0 fully saturated rings. The van der Waals surface area contributed by atoms with E-state index in [0.717, 1.165) is 21.1 Å². The second-order valence-electron chi connectivity index (χ2n) is 4.17. The third-order valence-corrected chi connectivity index (χ3v) is 4.07. The van der Waals surface area contributed by atoms with E-state index >= 15 is 0 Å². The highest BCUT2D eigenvalue weighted by atomic mass is 35.5. The Morgan fingerprint density at radius 2 is 2.05 bits per heavy atom. The highest BCUT2D eigenvalue weighted by Crippen LogP contribution is 2.36. The zero-order valence-corrected chi connectivity index (χ0v) is 12.9. The molecule has 2 N–H and O–H groups in total.